The van der Waals surface area contributed by atoms with Crippen molar-refractivity contribution in [2.45, 2.75) is 6.17 Å². The Morgan fingerprint density at radius 2 is 2.00 bits per heavy atom. The lowest BCUT2D eigenvalue weighted by Crippen LogP contribution is -2.43. The van der Waals surface area contributed by atoms with E-state index in [0.29, 0.717) is 28.6 Å². The highest BCUT2D eigenvalue weighted by Gasteiger charge is 2.36. The summed E-state index contributed by atoms with van der Waals surface area (Å²) in [5, 5.41) is 3.39. The molecule has 2 aromatic carbocycles. The maximum absolute atomic E-state index is 13.2. The quantitative estimate of drug-likeness (QED) is 0.753. The molecule has 2 N–H and O–H groups in total. The molecule has 0 fully saturated rings. The number of anilines is 2. The minimum atomic E-state index is -0.447. The van der Waals surface area contributed by atoms with Crippen molar-refractivity contribution in [3.05, 3.63) is 66.2 Å². The Morgan fingerprint density at radius 3 is 2.88 bits per heavy atom. The molecule has 1 amide bonds. The van der Waals surface area contributed by atoms with E-state index < -0.39 is 6.17 Å². The molecule has 0 spiro atoms. The SMILES string of the molecule is O=C1c2ccccc2N[C@H](c2ncc[nH]2)N1c1ccc2c(c1)OCO2. The Labute approximate surface area is 143 Å². The van der Waals surface area contributed by atoms with Crippen molar-refractivity contribution >= 4 is 17.3 Å². The first-order chi connectivity index (χ1) is 12.3. The first-order valence-electron chi connectivity index (χ1n) is 7.89. The zero-order valence-corrected chi connectivity index (χ0v) is 13.1. The molecule has 124 valence electrons. The van der Waals surface area contributed by atoms with E-state index in [4.69, 9.17) is 9.47 Å². The third-order valence-corrected chi connectivity index (χ3v) is 4.34. The third kappa shape index (κ3) is 2.13. The van der Waals surface area contributed by atoms with Crippen molar-refractivity contribution in [1.82, 2.24) is 9.97 Å². The predicted molar refractivity (Wildman–Crippen MR) is 90.8 cm³/mol. The molecule has 0 saturated heterocycles. The van der Waals surface area contributed by atoms with Gasteiger partial charge in [0.05, 0.1) is 11.3 Å². The number of H-pyrrole nitrogens is 1. The lowest BCUT2D eigenvalue weighted by molar-refractivity contribution is 0.0974. The second-order valence-corrected chi connectivity index (χ2v) is 5.78. The molecule has 0 unspecified atom stereocenters. The molecular formula is C18H14N4O3. The van der Waals surface area contributed by atoms with Crippen molar-refractivity contribution in [3.63, 3.8) is 0 Å². The summed E-state index contributed by atoms with van der Waals surface area (Å²) in [6.45, 7) is 0.190. The number of imidazole rings is 1. The summed E-state index contributed by atoms with van der Waals surface area (Å²) in [4.78, 5) is 22.3. The van der Waals surface area contributed by atoms with Crippen LogP contribution in [0.25, 0.3) is 0 Å². The summed E-state index contributed by atoms with van der Waals surface area (Å²) in [7, 11) is 0. The zero-order valence-electron chi connectivity index (χ0n) is 13.1. The normalized spacial score (nSPS) is 18.0. The van der Waals surface area contributed by atoms with Crippen molar-refractivity contribution in [1.29, 1.82) is 0 Å². The van der Waals surface area contributed by atoms with Crippen LogP contribution in [-0.2, 0) is 0 Å². The smallest absolute Gasteiger partial charge is 0.262 e. The van der Waals surface area contributed by atoms with Crippen LogP contribution in [-0.4, -0.2) is 22.7 Å². The van der Waals surface area contributed by atoms with Gasteiger partial charge in [0.15, 0.2) is 17.7 Å². The van der Waals surface area contributed by atoms with E-state index in [9.17, 15) is 4.79 Å². The monoisotopic (exact) mass is 334 g/mol. The number of nitrogens with one attached hydrogen (secondary N) is 2. The van der Waals surface area contributed by atoms with Gasteiger partial charge in [0.1, 0.15) is 5.82 Å². The summed E-state index contributed by atoms with van der Waals surface area (Å²) >= 11 is 0. The standard InChI is InChI=1S/C18H14N4O3/c23-18-12-3-1-2-4-13(12)21-17(16-19-7-8-20-16)22(18)11-5-6-14-15(9-11)25-10-24-14/h1-9,17,21H,10H2,(H,19,20)/t17-/m0/s1. The van der Waals surface area contributed by atoms with Gasteiger partial charge in [-0.3, -0.25) is 9.69 Å². The minimum absolute atomic E-state index is 0.102. The number of rotatable bonds is 2. The molecule has 7 heteroatoms. The lowest BCUT2D eigenvalue weighted by atomic mass is 10.1. The number of para-hydroxylation sites is 1. The van der Waals surface area contributed by atoms with E-state index in [0.717, 1.165) is 5.69 Å². The molecule has 5 rings (SSSR count). The van der Waals surface area contributed by atoms with Gasteiger partial charge in [0.2, 0.25) is 6.79 Å². The second-order valence-electron chi connectivity index (χ2n) is 5.78. The van der Waals surface area contributed by atoms with Gasteiger partial charge in [0, 0.05) is 24.1 Å². The van der Waals surface area contributed by atoms with Crippen molar-refractivity contribution in [3.8, 4) is 11.5 Å². The fourth-order valence-electron chi connectivity index (χ4n) is 3.17. The first kappa shape index (κ1) is 13.9. The zero-order chi connectivity index (χ0) is 16.8. The van der Waals surface area contributed by atoms with Gasteiger partial charge in [-0.05, 0) is 24.3 Å². The summed E-state index contributed by atoms with van der Waals surface area (Å²) in [6, 6.07) is 12.9. The largest absolute Gasteiger partial charge is 0.454 e. The highest BCUT2D eigenvalue weighted by atomic mass is 16.7. The van der Waals surface area contributed by atoms with Gasteiger partial charge in [0.25, 0.3) is 5.91 Å². The highest BCUT2D eigenvalue weighted by molar-refractivity contribution is 6.12. The number of benzene rings is 2. The van der Waals surface area contributed by atoms with Crippen LogP contribution < -0.4 is 19.7 Å². The third-order valence-electron chi connectivity index (χ3n) is 4.34. The molecule has 2 aliphatic rings. The molecule has 7 nitrogen and oxygen atoms in total. The van der Waals surface area contributed by atoms with Gasteiger partial charge in [-0.15, -0.1) is 0 Å². The van der Waals surface area contributed by atoms with Crippen LogP contribution in [0.5, 0.6) is 11.5 Å². The molecule has 2 aliphatic heterocycles. The van der Waals surface area contributed by atoms with E-state index >= 15 is 0 Å². The number of aromatic amines is 1. The molecule has 1 atom stereocenters. The van der Waals surface area contributed by atoms with Gasteiger partial charge < -0.3 is 19.8 Å². The van der Waals surface area contributed by atoms with Crippen LogP contribution in [0.3, 0.4) is 0 Å². The molecule has 3 heterocycles. The number of carbonyl (C=O) groups excluding carboxylic acids is 1. The fourth-order valence-corrected chi connectivity index (χ4v) is 3.17. The van der Waals surface area contributed by atoms with Crippen molar-refractivity contribution in [2.75, 3.05) is 17.0 Å². The van der Waals surface area contributed by atoms with E-state index in [1.165, 1.54) is 0 Å². The number of aromatic nitrogens is 2. The highest BCUT2D eigenvalue weighted by Crippen LogP contribution is 2.40. The Hall–Kier alpha value is -3.48. The minimum Gasteiger partial charge on any atom is -0.454 e. The Kier molecular flexibility index (Phi) is 2.93. The van der Waals surface area contributed by atoms with Crippen molar-refractivity contribution in [2.24, 2.45) is 0 Å². The van der Waals surface area contributed by atoms with Gasteiger partial charge in [-0.25, -0.2) is 4.98 Å². The lowest BCUT2D eigenvalue weighted by Gasteiger charge is -2.36. The number of nitrogens with zero attached hydrogens (tertiary/aromatic N) is 2. The number of fused-ring (bicyclic) bond motifs is 2. The van der Waals surface area contributed by atoms with Crippen LogP contribution in [0.1, 0.15) is 22.3 Å². The van der Waals surface area contributed by atoms with Gasteiger partial charge in [-0.2, -0.15) is 0 Å². The van der Waals surface area contributed by atoms with Crippen LogP contribution in [0.4, 0.5) is 11.4 Å². The molecule has 1 aromatic heterocycles. The van der Waals surface area contributed by atoms with E-state index in [1.54, 1.807) is 17.3 Å². The van der Waals surface area contributed by atoms with Crippen LogP contribution in [0.2, 0.25) is 0 Å². The summed E-state index contributed by atoms with van der Waals surface area (Å²) in [5.41, 5.74) is 2.10. The van der Waals surface area contributed by atoms with E-state index in [2.05, 4.69) is 15.3 Å². The van der Waals surface area contributed by atoms with Gasteiger partial charge in [-0.1, -0.05) is 12.1 Å². The van der Waals surface area contributed by atoms with Crippen molar-refractivity contribution < 1.29 is 14.3 Å². The molecule has 0 bridgehead atoms. The molecule has 3 aromatic rings. The average Bonchev–Trinajstić information content (AvgIpc) is 3.33. The first-order valence-corrected chi connectivity index (χ1v) is 7.89. The Morgan fingerprint density at radius 1 is 1.12 bits per heavy atom. The Balaban J connectivity index is 1.65. The summed E-state index contributed by atoms with van der Waals surface area (Å²) in [5.74, 6) is 1.86. The number of carbonyl (C=O) groups is 1. The molecular weight excluding hydrogens is 320 g/mol. The van der Waals surface area contributed by atoms with Gasteiger partial charge >= 0.3 is 0 Å². The maximum atomic E-state index is 13.2. The predicted octanol–water partition coefficient (Wildman–Crippen LogP) is 2.91. The van der Waals surface area contributed by atoms with Crippen LogP contribution >= 0.6 is 0 Å². The molecule has 25 heavy (non-hydrogen) atoms. The number of hydrogen-bond donors (Lipinski definition) is 2. The Bertz CT molecular complexity index is 955. The summed E-state index contributed by atoms with van der Waals surface area (Å²) in [6.07, 6.45) is 2.96. The number of amides is 1. The average molecular weight is 334 g/mol. The topological polar surface area (TPSA) is 79.5 Å². The van der Waals surface area contributed by atoms with Crippen LogP contribution in [0, 0.1) is 0 Å². The second kappa shape index (κ2) is 5.27. The number of ether oxygens (including phenoxy) is 2. The molecule has 0 aliphatic carbocycles. The maximum Gasteiger partial charge on any atom is 0.262 e. The summed E-state index contributed by atoms with van der Waals surface area (Å²) < 4.78 is 10.8. The van der Waals surface area contributed by atoms with E-state index in [1.807, 2.05) is 42.5 Å². The molecule has 0 saturated carbocycles. The molecule has 0 radical (unpaired) electrons. The fraction of sp³-hybridized carbons (Fsp3) is 0.111. The van der Waals surface area contributed by atoms with E-state index in [-0.39, 0.29) is 12.7 Å². The van der Waals surface area contributed by atoms with Crippen LogP contribution in [0.15, 0.2) is 54.9 Å². The number of hydrogen-bond acceptors (Lipinski definition) is 5.